The number of nitrogens with one attached hydrogen (secondary N) is 1. The SMILES string of the molecule is CCN(CC)S(=O)(=O)c1ccc(F)c(C(=O)Nc2ccccc2Cc2ccccc2)c1. The molecular weight excluding hydrogens is 415 g/mol. The van der Waals surface area contributed by atoms with Crippen molar-refractivity contribution in [1.29, 1.82) is 0 Å². The lowest BCUT2D eigenvalue weighted by Crippen LogP contribution is -2.31. The summed E-state index contributed by atoms with van der Waals surface area (Å²) < 4.78 is 41.3. The summed E-state index contributed by atoms with van der Waals surface area (Å²) in [5, 5.41) is 2.74. The number of hydrogen-bond acceptors (Lipinski definition) is 3. The first-order valence-corrected chi connectivity index (χ1v) is 11.5. The number of para-hydroxylation sites is 1. The number of amides is 1. The number of carbonyl (C=O) groups is 1. The van der Waals surface area contributed by atoms with E-state index in [0.29, 0.717) is 12.1 Å². The maximum absolute atomic E-state index is 14.5. The number of anilines is 1. The Balaban J connectivity index is 1.90. The van der Waals surface area contributed by atoms with E-state index in [1.807, 2.05) is 42.5 Å². The fourth-order valence-electron chi connectivity index (χ4n) is 3.35. The molecule has 0 heterocycles. The minimum Gasteiger partial charge on any atom is -0.322 e. The van der Waals surface area contributed by atoms with E-state index in [2.05, 4.69) is 5.32 Å². The standard InChI is InChI=1S/C24H25FN2O3S/c1-3-27(4-2)31(29,30)20-14-15-22(25)21(17-20)24(28)26-23-13-9-8-12-19(23)16-18-10-6-5-7-11-18/h5-15,17H,3-4,16H2,1-2H3,(H,26,28). The van der Waals surface area contributed by atoms with E-state index in [9.17, 15) is 17.6 Å². The van der Waals surface area contributed by atoms with E-state index >= 15 is 0 Å². The number of hydrogen-bond donors (Lipinski definition) is 1. The molecule has 3 rings (SSSR count). The number of nitrogens with zero attached hydrogens (tertiary/aromatic N) is 1. The summed E-state index contributed by atoms with van der Waals surface area (Å²) in [6, 6.07) is 20.3. The third-order valence-electron chi connectivity index (χ3n) is 5.03. The number of carbonyl (C=O) groups excluding carboxylic acids is 1. The second kappa shape index (κ2) is 9.85. The first-order chi connectivity index (χ1) is 14.9. The minimum atomic E-state index is -3.81. The van der Waals surface area contributed by atoms with Crippen molar-refractivity contribution in [3.8, 4) is 0 Å². The van der Waals surface area contributed by atoms with Gasteiger partial charge in [0.25, 0.3) is 5.91 Å². The number of sulfonamides is 1. The summed E-state index contributed by atoms with van der Waals surface area (Å²) in [5.41, 5.74) is 2.17. The highest BCUT2D eigenvalue weighted by Gasteiger charge is 2.24. The van der Waals surface area contributed by atoms with Gasteiger partial charge in [0, 0.05) is 18.8 Å². The lowest BCUT2D eigenvalue weighted by Gasteiger charge is -2.19. The average molecular weight is 441 g/mol. The summed E-state index contributed by atoms with van der Waals surface area (Å²) in [6.07, 6.45) is 0.593. The predicted molar refractivity (Wildman–Crippen MR) is 120 cm³/mol. The molecule has 0 atom stereocenters. The molecule has 0 saturated carbocycles. The van der Waals surface area contributed by atoms with E-state index in [1.54, 1.807) is 26.0 Å². The van der Waals surface area contributed by atoms with Gasteiger partial charge in [0.2, 0.25) is 10.0 Å². The fourth-order valence-corrected chi connectivity index (χ4v) is 4.84. The molecule has 0 spiro atoms. The zero-order valence-corrected chi connectivity index (χ0v) is 18.3. The molecule has 7 heteroatoms. The van der Waals surface area contributed by atoms with Crippen LogP contribution in [-0.4, -0.2) is 31.7 Å². The van der Waals surface area contributed by atoms with Crippen LogP contribution in [0.4, 0.5) is 10.1 Å². The number of benzene rings is 3. The lowest BCUT2D eigenvalue weighted by molar-refractivity contribution is 0.102. The Hall–Kier alpha value is -3.03. The molecule has 31 heavy (non-hydrogen) atoms. The second-order valence-corrected chi connectivity index (χ2v) is 8.94. The normalized spacial score (nSPS) is 11.5. The molecule has 5 nitrogen and oxygen atoms in total. The summed E-state index contributed by atoms with van der Waals surface area (Å²) in [7, 11) is -3.81. The summed E-state index contributed by atoms with van der Waals surface area (Å²) in [6.45, 7) is 4.01. The number of rotatable bonds is 8. The zero-order valence-electron chi connectivity index (χ0n) is 17.5. The van der Waals surface area contributed by atoms with Crippen molar-refractivity contribution in [3.05, 3.63) is 95.3 Å². The predicted octanol–water partition coefficient (Wildman–Crippen LogP) is 4.70. The smallest absolute Gasteiger partial charge is 0.258 e. The van der Waals surface area contributed by atoms with E-state index in [-0.39, 0.29) is 23.5 Å². The Morgan fingerprint density at radius 2 is 1.58 bits per heavy atom. The van der Waals surface area contributed by atoms with Crippen LogP contribution in [0.3, 0.4) is 0 Å². The third kappa shape index (κ3) is 5.18. The Morgan fingerprint density at radius 3 is 2.26 bits per heavy atom. The second-order valence-electron chi connectivity index (χ2n) is 7.00. The van der Waals surface area contributed by atoms with Gasteiger partial charge < -0.3 is 5.32 Å². The van der Waals surface area contributed by atoms with Gasteiger partial charge >= 0.3 is 0 Å². The zero-order chi connectivity index (χ0) is 22.4. The van der Waals surface area contributed by atoms with Gasteiger partial charge in [0.15, 0.2) is 0 Å². The first kappa shape index (κ1) is 22.7. The minimum absolute atomic E-state index is 0.111. The van der Waals surface area contributed by atoms with Crippen molar-refractivity contribution >= 4 is 21.6 Å². The van der Waals surface area contributed by atoms with E-state index in [1.165, 1.54) is 10.4 Å². The van der Waals surface area contributed by atoms with E-state index in [0.717, 1.165) is 23.3 Å². The summed E-state index contributed by atoms with van der Waals surface area (Å²) in [5.74, 6) is -1.48. The Labute approximate surface area is 182 Å². The van der Waals surface area contributed by atoms with Gasteiger partial charge in [-0.15, -0.1) is 0 Å². The maximum Gasteiger partial charge on any atom is 0.258 e. The first-order valence-electron chi connectivity index (χ1n) is 10.1. The van der Waals surface area contributed by atoms with Crippen LogP contribution in [0.25, 0.3) is 0 Å². The van der Waals surface area contributed by atoms with Crippen molar-refractivity contribution in [2.24, 2.45) is 0 Å². The summed E-state index contributed by atoms with van der Waals surface area (Å²) >= 11 is 0. The largest absolute Gasteiger partial charge is 0.322 e. The molecule has 0 unspecified atom stereocenters. The van der Waals surface area contributed by atoms with Crippen molar-refractivity contribution in [2.75, 3.05) is 18.4 Å². The third-order valence-corrected chi connectivity index (χ3v) is 7.07. The maximum atomic E-state index is 14.5. The summed E-state index contributed by atoms with van der Waals surface area (Å²) in [4.78, 5) is 12.8. The highest BCUT2D eigenvalue weighted by molar-refractivity contribution is 7.89. The van der Waals surface area contributed by atoms with Crippen LogP contribution in [0.2, 0.25) is 0 Å². The van der Waals surface area contributed by atoms with Crippen LogP contribution in [0.15, 0.2) is 77.7 Å². The number of halogens is 1. The molecular formula is C24H25FN2O3S. The van der Waals surface area contributed by atoms with Crippen molar-refractivity contribution in [3.63, 3.8) is 0 Å². The molecule has 0 aliphatic carbocycles. The molecule has 0 saturated heterocycles. The molecule has 3 aromatic rings. The van der Waals surface area contributed by atoms with Gasteiger partial charge in [0.05, 0.1) is 10.5 Å². The van der Waals surface area contributed by atoms with Gasteiger partial charge in [0.1, 0.15) is 5.82 Å². The lowest BCUT2D eigenvalue weighted by atomic mass is 10.0. The molecule has 3 aromatic carbocycles. The Bertz CT molecular complexity index is 1160. The van der Waals surface area contributed by atoms with E-state index in [4.69, 9.17) is 0 Å². The molecule has 1 N–H and O–H groups in total. The molecule has 0 fully saturated rings. The van der Waals surface area contributed by atoms with Gasteiger partial charge in [-0.3, -0.25) is 4.79 Å². The van der Waals surface area contributed by atoms with Crippen molar-refractivity contribution in [1.82, 2.24) is 4.31 Å². The van der Waals surface area contributed by atoms with Gasteiger partial charge in [-0.05, 0) is 41.8 Å². The van der Waals surface area contributed by atoms with Crippen LogP contribution in [0.5, 0.6) is 0 Å². The van der Waals surface area contributed by atoms with Crippen LogP contribution in [0, 0.1) is 5.82 Å². The Morgan fingerprint density at radius 1 is 0.935 bits per heavy atom. The molecule has 0 aliphatic heterocycles. The monoisotopic (exact) mass is 440 g/mol. The molecule has 1 amide bonds. The topological polar surface area (TPSA) is 66.5 Å². The van der Waals surface area contributed by atoms with E-state index < -0.39 is 21.7 Å². The molecule has 0 aromatic heterocycles. The van der Waals surface area contributed by atoms with Crippen LogP contribution in [0.1, 0.15) is 35.3 Å². The van der Waals surface area contributed by atoms with Crippen molar-refractivity contribution < 1.29 is 17.6 Å². The molecule has 0 aliphatic rings. The van der Waals surface area contributed by atoms with Gasteiger partial charge in [-0.25, -0.2) is 12.8 Å². The van der Waals surface area contributed by atoms with Gasteiger partial charge in [-0.2, -0.15) is 4.31 Å². The van der Waals surface area contributed by atoms with Crippen LogP contribution < -0.4 is 5.32 Å². The molecule has 0 bridgehead atoms. The van der Waals surface area contributed by atoms with Crippen molar-refractivity contribution in [2.45, 2.75) is 25.2 Å². The average Bonchev–Trinajstić information content (AvgIpc) is 2.76. The van der Waals surface area contributed by atoms with Gasteiger partial charge in [-0.1, -0.05) is 62.4 Å². The highest BCUT2D eigenvalue weighted by atomic mass is 32.2. The fraction of sp³-hybridized carbons (Fsp3) is 0.208. The molecule has 162 valence electrons. The Kier molecular flexibility index (Phi) is 7.20. The van der Waals surface area contributed by atoms with Crippen LogP contribution >= 0.6 is 0 Å². The van der Waals surface area contributed by atoms with Crippen LogP contribution in [-0.2, 0) is 16.4 Å². The molecule has 0 radical (unpaired) electrons. The quantitative estimate of drug-likeness (QED) is 0.552. The highest BCUT2D eigenvalue weighted by Crippen LogP contribution is 2.23.